The monoisotopic (exact) mass is 207 g/mol. The van der Waals surface area contributed by atoms with Crippen LogP contribution in [0.1, 0.15) is 0 Å². The van der Waals surface area contributed by atoms with Crippen molar-refractivity contribution < 1.29 is 4.79 Å². The molecule has 0 aromatic heterocycles. The molecule has 3 N–H and O–H groups in total. The minimum atomic E-state index is -0.187. The highest BCUT2D eigenvalue weighted by atomic mass is 35.5. The van der Waals surface area contributed by atoms with Gasteiger partial charge in [-0.1, -0.05) is 17.8 Å². The Hall–Kier alpha value is -0.230. The number of carbonyl (C=O) groups is 1. The van der Waals surface area contributed by atoms with Crippen molar-refractivity contribution in [2.45, 2.75) is 10.9 Å². The average molecular weight is 208 g/mol. The molecule has 12 heavy (non-hydrogen) atoms. The van der Waals surface area contributed by atoms with Crippen LogP contribution in [-0.2, 0) is 4.79 Å². The van der Waals surface area contributed by atoms with Crippen molar-refractivity contribution in [3.63, 3.8) is 0 Å². The third-order valence-electron chi connectivity index (χ3n) is 1.27. The number of hydrogen-bond donors (Lipinski definition) is 3. The van der Waals surface area contributed by atoms with Crippen molar-refractivity contribution in [2.75, 3.05) is 5.88 Å². The van der Waals surface area contributed by atoms with Crippen LogP contribution in [0.2, 0.25) is 0 Å². The molecule has 4 nitrogen and oxygen atoms in total. The van der Waals surface area contributed by atoms with Gasteiger partial charge in [-0.05, 0) is 0 Å². The number of amides is 1. The van der Waals surface area contributed by atoms with Crippen LogP contribution in [0, 0.1) is 0 Å². The fraction of sp³-hybridized carbons (Fsp3) is 0.500. The highest BCUT2D eigenvalue weighted by Crippen LogP contribution is 2.17. The van der Waals surface area contributed by atoms with E-state index in [1.165, 1.54) is 11.8 Å². The highest BCUT2D eigenvalue weighted by molar-refractivity contribution is 8.00. The quantitative estimate of drug-likeness (QED) is 0.450. The maximum Gasteiger partial charge on any atom is 0.236 e. The van der Waals surface area contributed by atoms with Crippen LogP contribution in [0.25, 0.3) is 0 Å². The molecular formula is C6H10ClN3OS. The molecule has 0 aliphatic carbocycles. The van der Waals surface area contributed by atoms with Crippen molar-refractivity contribution >= 4 is 29.3 Å². The Morgan fingerprint density at radius 3 is 3.00 bits per heavy atom. The van der Waals surface area contributed by atoms with Gasteiger partial charge in [0.15, 0.2) is 0 Å². The molecule has 1 rings (SSSR count). The van der Waals surface area contributed by atoms with E-state index in [0.29, 0.717) is 0 Å². The van der Waals surface area contributed by atoms with Crippen molar-refractivity contribution in [3.05, 3.63) is 12.7 Å². The van der Waals surface area contributed by atoms with E-state index in [0.717, 1.165) is 0 Å². The van der Waals surface area contributed by atoms with Crippen molar-refractivity contribution in [1.29, 1.82) is 0 Å². The molecule has 68 valence electrons. The lowest BCUT2D eigenvalue weighted by Gasteiger charge is -2.08. The lowest BCUT2D eigenvalue weighted by atomic mass is 10.6. The normalized spacial score (nSPS) is 28.4. The summed E-state index contributed by atoms with van der Waals surface area (Å²) in [5.41, 5.74) is 5.67. The van der Waals surface area contributed by atoms with E-state index in [1.807, 2.05) is 0 Å². The van der Waals surface area contributed by atoms with Crippen LogP contribution in [0.15, 0.2) is 12.7 Å². The van der Waals surface area contributed by atoms with E-state index >= 15 is 0 Å². The van der Waals surface area contributed by atoms with Crippen molar-refractivity contribution in [3.8, 4) is 0 Å². The standard InChI is InChI=1S/C6H10ClN3OS/c1-2-5-9-10-6(12-5)8-4(11)3-7/h2,5-6,9-10H,1,3H2,(H,8,11). The maximum atomic E-state index is 10.8. The summed E-state index contributed by atoms with van der Waals surface area (Å²) in [6.07, 6.45) is 1.75. The van der Waals surface area contributed by atoms with Gasteiger partial charge in [0.2, 0.25) is 5.91 Å². The van der Waals surface area contributed by atoms with E-state index in [4.69, 9.17) is 11.6 Å². The molecule has 1 amide bonds. The first-order valence-corrected chi connectivity index (χ1v) is 4.88. The largest absolute Gasteiger partial charge is 0.330 e. The van der Waals surface area contributed by atoms with Gasteiger partial charge < -0.3 is 5.32 Å². The minimum absolute atomic E-state index is 0.0164. The van der Waals surface area contributed by atoms with Crippen molar-refractivity contribution in [2.24, 2.45) is 0 Å². The second kappa shape index (κ2) is 4.71. The Morgan fingerprint density at radius 2 is 2.50 bits per heavy atom. The average Bonchev–Trinajstić information content (AvgIpc) is 2.52. The van der Waals surface area contributed by atoms with Crippen LogP contribution in [0.5, 0.6) is 0 Å². The molecule has 1 saturated heterocycles. The molecule has 1 aliphatic heterocycles. The number of hydrogen-bond acceptors (Lipinski definition) is 4. The van der Waals surface area contributed by atoms with Crippen LogP contribution in [0.4, 0.5) is 0 Å². The highest BCUT2D eigenvalue weighted by Gasteiger charge is 2.22. The summed E-state index contributed by atoms with van der Waals surface area (Å²) in [7, 11) is 0. The van der Waals surface area contributed by atoms with E-state index in [-0.39, 0.29) is 22.7 Å². The van der Waals surface area contributed by atoms with Gasteiger partial charge >= 0.3 is 0 Å². The molecule has 1 heterocycles. The summed E-state index contributed by atoms with van der Waals surface area (Å²) in [6.45, 7) is 3.61. The predicted octanol–water partition coefficient (Wildman–Crippen LogP) is -0.0219. The Bertz CT molecular complexity index is 190. The van der Waals surface area contributed by atoms with Gasteiger partial charge in [0, 0.05) is 0 Å². The molecule has 6 heteroatoms. The van der Waals surface area contributed by atoms with Gasteiger partial charge in [-0.2, -0.15) is 0 Å². The van der Waals surface area contributed by atoms with E-state index in [1.54, 1.807) is 6.08 Å². The van der Waals surface area contributed by atoms with Gasteiger partial charge in [-0.3, -0.25) is 4.79 Å². The zero-order chi connectivity index (χ0) is 8.97. The van der Waals surface area contributed by atoms with Gasteiger partial charge in [-0.25, -0.2) is 10.9 Å². The van der Waals surface area contributed by atoms with Crippen LogP contribution < -0.4 is 16.2 Å². The third-order valence-corrected chi connectivity index (χ3v) is 2.62. The second-order valence-corrected chi connectivity index (χ2v) is 3.68. The van der Waals surface area contributed by atoms with E-state index in [9.17, 15) is 4.79 Å². The number of halogens is 1. The number of thioether (sulfide) groups is 1. The minimum Gasteiger partial charge on any atom is -0.330 e. The first-order valence-electron chi connectivity index (χ1n) is 3.40. The molecule has 0 bridgehead atoms. The molecule has 0 aromatic carbocycles. The number of alkyl halides is 1. The van der Waals surface area contributed by atoms with Gasteiger partial charge in [0.25, 0.3) is 0 Å². The smallest absolute Gasteiger partial charge is 0.236 e. The Balaban J connectivity index is 2.27. The second-order valence-electron chi connectivity index (χ2n) is 2.16. The summed E-state index contributed by atoms with van der Waals surface area (Å²) >= 11 is 6.83. The van der Waals surface area contributed by atoms with Crippen LogP contribution >= 0.6 is 23.4 Å². The fourth-order valence-electron chi connectivity index (χ4n) is 0.742. The number of hydrazine groups is 1. The van der Waals surface area contributed by atoms with E-state index < -0.39 is 0 Å². The summed E-state index contributed by atoms with van der Waals surface area (Å²) in [6, 6.07) is 0. The number of rotatable bonds is 3. The predicted molar refractivity (Wildman–Crippen MR) is 50.5 cm³/mol. The van der Waals surface area contributed by atoms with Gasteiger partial charge in [0.05, 0.1) is 5.37 Å². The topological polar surface area (TPSA) is 53.2 Å². The first-order chi connectivity index (χ1) is 5.76. The molecule has 1 fully saturated rings. The SMILES string of the molecule is C=CC1NNC(NC(=O)CCl)S1. The molecule has 0 radical (unpaired) electrons. The summed E-state index contributed by atoms with van der Waals surface area (Å²) in [5.74, 6) is -0.203. The Labute approximate surface area is 80.1 Å². The zero-order valence-corrected chi connectivity index (χ0v) is 7.91. The van der Waals surface area contributed by atoms with E-state index in [2.05, 4.69) is 22.7 Å². The van der Waals surface area contributed by atoms with Crippen LogP contribution in [0.3, 0.4) is 0 Å². The summed E-state index contributed by atoms with van der Waals surface area (Å²) < 4.78 is 0. The lowest BCUT2D eigenvalue weighted by Crippen LogP contribution is -2.43. The molecule has 0 spiro atoms. The Morgan fingerprint density at radius 1 is 1.75 bits per heavy atom. The number of nitrogens with one attached hydrogen (secondary N) is 3. The van der Waals surface area contributed by atoms with Crippen molar-refractivity contribution in [1.82, 2.24) is 16.2 Å². The molecule has 1 aliphatic rings. The maximum absolute atomic E-state index is 10.8. The zero-order valence-electron chi connectivity index (χ0n) is 6.34. The fourth-order valence-corrected chi connectivity index (χ4v) is 1.69. The molecular weight excluding hydrogens is 198 g/mol. The molecule has 0 saturated carbocycles. The van der Waals surface area contributed by atoms with Gasteiger partial charge in [-0.15, -0.1) is 18.2 Å². The van der Waals surface area contributed by atoms with Gasteiger partial charge in [0.1, 0.15) is 11.4 Å². The number of carbonyl (C=O) groups excluding carboxylic acids is 1. The summed E-state index contributed by atoms with van der Waals surface area (Å²) in [5, 5.41) is 2.79. The molecule has 2 atom stereocenters. The first kappa shape index (κ1) is 9.85. The molecule has 2 unspecified atom stereocenters. The van der Waals surface area contributed by atoms with Crippen LogP contribution in [-0.4, -0.2) is 22.7 Å². The third kappa shape index (κ3) is 2.67. The summed E-state index contributed by atoms with van der Waals surface area (Å²) in [4.78, 5) is 10.8. The lowest BCUT2D eigenvalue weighted by molar-refractivity contribution is -0.119. The Kier molecular flexibility index (Phi) is 3.87. The molecule has 0 aromatic rings.